The number of nitrogens with one attached hydrogen (secondary N) is 2. The number of hydrogen-bond donors (Lipinski definition) is 3. The summed E-state index contributed by atoms with van der Waals surface area (Å²) in [6.45, 7) is 2.83. The molecule has 0 aromatic carbocycles. The first kappa shape index (κ1) is 12.7. The van der Waals surface area contributed by atoms with Gasteiger partial charge in [0.1, 0.15) is 5.82 Å². The van der Waals surface area contributed by atoms with Crippen LogP contribution in [0.2, 0.25) is 0 Å². The fourth-order valence-electron chi connectivity index (χ4n) is 0.996. The molecular formula is C9H14BrN5O. The van der Waals surface area contributed by atoms with Crippen molar-refractivity contribution in [3.63, 3.8) is 0 Å². The van der Waals surface area contributed by atoms with Gasteiger partial charge in [0.2, 0.25) is 11.9 Å². The minimum atomic E-state index is -0.0778. The fraction of sp³-hybridized carbons (Fsp3) is 0.444. The second-order valence-corrected chi connectivity index (χ2v) is 3.98. The number of amides is 1. The molecule has 0 radical (unpaired) electrons. The van der Waals surface area contributed by atoms with Crippen molar-refractivity contribution in [1.29, 1.82) is 0 Å². The monoisotopic (exact) mass is 287 g/mol. The van der Waals surface area contributed by atoms with Gasteiger partial charge in [-0.1, -0.05) is 6.92 Å². The molecule has 0 unspecified atom stereocenters. The third-order valence-corrected chi connectivity index (χ3v) is 2.33. The highest BCUT2D eigenvalue weighted by Gasteiger charge is 2.05. The standard InChI is InChI=1S/C9H14BrN5O/c1-2-3-12-7(16)5-13-8-6(10)4-14-9(11)15-8/h4H,2-3,5H2,1H3,(H,12,16)(H3,11,13,14,15). The minimum Gasteiger partial charge on any atom is -0.368 e. The zero-order valence-corrected chi connectivity index (χ0v) is 10.5. The number of hydrogen-bond acceptors (Lipinski definition) is 5. The molecule has 7 heteroatoms. The lowest BCUT2D eigenvalue weighted by Gasteiger charge is -2.07. The first-order chi connectivity index (χ1) is 7.63. The lowest BCUT2D eigenvalue weighted by Crippen LogP contribution is -2.30. The molecule has 88 valence electrons. The molecule has 0 bridgehead atoms. The van der Waals surface area contributed by atoms with Crippen molar-refractivity contribution in [3.05, 3.63) is 10.7 Å². The Bertz CT molecular complexity index is 371. The van der Waals surface area contributed by atoms with Crippen LogP contribution in [0.15, 0.2) is 10.7 Å². The Morgan fingerprint density at radius 3 is 3.06 bits per heavy atom. The van der Waals surface area contributed by atoms with Crippen molar-refractivity contribution < 1.29 is 4.79 Å². The van der Waals surface area contributed by atoms with Gasteiger partial charge in [-0.3, -0.25) is 4.79 Å². The molecule has 1 heterocycles. The Labute approximate surface area is 102 Å². The second-order valence-electron chi connectivity index (χ2n) is 3.13. The smallest absolute Gasteiger partial charge is 0.239 e. The van der Waals surface area contributed by atoms with Gasteiger partial charge in [0.15, 0.2) is 0 Å². The molecule has 0 aliphatic carbocycles. The van der Waals surface area contributed by atoms with E-state index in [1.807, 2.05) is 6.92 Å². The molecule has 6 nitrogen and oxygen atoms in total. The summed E-state index contributed by atoms with van der Waals surface area (Å²) in [6.07, 6.45) is 2.45. The molecule has 0 atom stereocenters. The van der Waals surface area contributed by atoms with Crippen LogP contribution in [-0.4, -0.2) is 29.0 Å². The van der Waals surface area contributed by atoms with E-state index in [0.717, 1.165) is 6.42 Å². The highest BCUT2D eigenvalue weighted by molar-refractivity contribution is 9.10. The maximum atomic E-state index is 11.3. The van der Waals surface area contributed by atoms with Gasteiger partial charge in [-0.2, -0.15) is 4.98 Å². The van der Waals surface area contributed by atoms with Gasteiger partial charge < -0.3 is 16.4 Å². The number of carbonyl (C=O) groups excluding carboxylic acids is 1. The Hall–Kier alpha value is -1.37. The first-order valence-corrected chi connectivity index (χ1v) is 5.71. The van der Waals surface area contributed by atoms with Crippen LogP contribution < -0.4 is 16.4 Å². The molecule has 16 heavy (non-hydrogen) atoms. The quantitative estimate of drug-likeness (QED) is 0.744. The fourth-order valence-corrected chi connectivity index (χ4v) is 1.33. The average Bonchev–Trinajstić information content (AvgIpc) is 2.27. The van der Waals surface area contributed by atoms with Gasteiger partial charge in [0.25, 0.3) is 0 Å². The van der Waals surface area contributed by atoms with Gasteiger partial charge >= 0.3 is 0 Å². The Balaban J connectivity index is 2.47. The van der Waals surface area contributed by atoms with Gasteiger partial charge in [-0.15, -0.1) is 0 Å². The maximum Gasteiger partial charge on any atom is 0.239 e. The molecule has 0 aliphatic rings. The topological polar surface area (TPSA) is 92.9 Å². The highest BCUT2D eigenvalue weighted by atomic mass is 79.9. The molecule has 1 aromatic rings. The second kappa shape index (κ2) is 6.26. The summed E-state index contributed by atoms with van der Waals surface area (Å²) in [5.41, 5.74) is 5.43. The Morgan fingerprint density at radius 2 is 2.38 bits per heavy atom. The third-order valence-electron chi connectivity index (χ3n) is 1.75. The van der Waals surface area contributed by atoms with Crippen LogP contribution in [0.4, 0.5) is 11.8 Å². The number of nitrogens with two attached hydrogens (primary N) is 1. The normalized spacial score (nSPS) is 9.88. The van der Waals surface area contributed by atoms with E-state index in [4.69, 9.17) is 5.73 Å². The van der Waals surface area contributed by atoms with Crippen LogP contribution in [-0.2, 0) is 4.79 Å². The van der Waals surface area contributed by atoms with E-state index >= 15 is 0 Å². The summed E-state index contributed by atoms with van der Waals surface area (Å²) in [7, 11) is 0. The third kappa shape index (κ3) is 4.01. The number of anilines is 2. The van der Waals surface area contributed by atoms with Crippen molar-refractivity contribution in [2.75, 3.05) is 24.1 Å². The van der Waals surface area contributed by atoms with Crippen molar-refractivity contribution in [2.24, 2.45) is 0 Å². The van der Waals surface area contributed by atoms with Gasteiger partial charge in [-0.25, -0.2) is 4.98 Å². The van der Waals surface area contributed by atoms with Crippen LogP contribution in [0.3, 0.4) is 0 Å². The first-order valence-electron chi connectivity index (χ1n) is 4.92. The molecule has 0 fully saturated rings. The lowest BCUT2D eigenvalue weighted by atomic mass is 10.4. The summed E-state index contributed by atoms with van der Waals surface area (Å²) in [4.78, 5) is 19.1. The van der Waals surface area contributed by atoms with Crippen LogP contribution in [0.1, 0.15) is 13.3 Å². The van der Waals surface area contributed by atoms with Crippen LogP contribution >= 0.6 is 15.9 Å². The molecule has 4 N–H and O–H groups in total. The molecule has 1 amide bonds. The number of nitrogen functional groups attached to an aromatic ring is 1. The lowest BCUT2D eigenvalue weighted by molar-refractivity contribution is -0.119. The molecular weight excluding hydrogens is 274 g/mol. The summed E-state index contributed by atoms with van der Waals surface area (Å²) in [5, 5.41) is 5.62. The van der Waals surface area contributed by atoms with E-state index in [0.29, 0.717) is 16.8 Å². The zero-order valence-electron chi connectivity index (χ0n) is 8.96. The maximum absolute atomic E-state index is 11.3. The molecule has 0 saturated heterocycles. The molecule has 0 spiro atoms. The molecule has 0 aliphatic heterocycles. The SMILES string of the molecule is CCCNC(=O)CNc1nc(N)ncc1Br. The van der Waals surface area contributed by atoms with Crippen LogP contribution in [0.5, 0.6) is 0 Å². The van der Waals surface area contributed by atoms with E-state index in [9.17, 15) is 4.79 Å². The highest BCUT2D eigenvalue weighted by Crippen LogP contribution is 2.18. The van der Waals surface area contributed by atoms with Crippen molar-refractivity contribution in [1.82, 2.24) is 15.3 Å². The number of nitrogens with zero attached hydrogens (tertiary/aromatic N) is 2. The van der Waals surface area contributed by atoms with Crippen molar-refractivity contribution >= 4 is 33.6 Å². The number of carbonyl (C=O) groups is 1. The number of halogens is 1. The minimum absolute atomic E-state index is 0.0778. The molecule has 0 saturated carbocycles. The van der Waals surface area contributed by atoms with E-state index < -0.39 is 0 Å². The molecule has 1 rings (SSSR count). The number of aromatic nitrogens is 2. The van der Waals surface area contributed by atoms with Crippen molar-refractivity contribution in [2.45, 2.75) is 13.3 Å². The predicted octanol–water partition coefficient (Wildman–Crippen LogP) is 0.759. The van der Waals surface area contributed by atoms with E-state index in [2.05, 4.69) is 36.5 Å². The van der Waals surface area contributed by atoms with Crippen LogP contribution in [0, 0.1) is 0 Å². The summed E-state index contributed by atoms with van der Waals surface area (Å²) in [5.74, 6) is 0.602. The Kier molecular flexibility index (Phi) is 4.97. The van der Waals surface area contributed by atoms with Crippen molar-refractivity contribution in [3.8, 4) is 0 Å². The Morgan fingerprint density at radius 1 is 1.62 bits per heavy atom. The zero-order chi connectivity index (χ0) is 12.0. The van der Waals surface area contributed by atoms with E-state index in [1.54, 1.807) is 0 Å². The van der Waals surface area contributed by atoms with E-state index in [1.165, 1.54) is 6.20 Å². The van der Waals surface area contributed by atoms with Gasteiger partial charge in [0.05, 0.1) is 11.0 Å². The van der Waals surface area contributed by atoms with E-state index in [-0.39, 0.29) is 18.4 Å². The summed E-state index contributed by atoms with van der Waals surface area (Å²) in [6, 6.07) is 0. The van der Waals surface area contributed by atoms with Crippen LogP contribution in [0.25, 0.3) is 0 Å². The predicted molar refractivity (Wildman–Crippen MR) is 65.9 cm³/mol. The number of rotatable bonds is 5. The average molecular weight is 288 g/mol. The summed E-state index contributed by atoms with van der Waals surface area (Å²) < 4.78 is 0.671. The molecule has 1 aromatic heterocycles. The van der Waals surface area contributed by atoms with Gasteiger partial charge in [-0.05, 0) is 22.4 Å². The summed E-state index contributed by atoms with van der Waals surface area (Å²) >= 11 is 3.26. The van der Waals surface area contributed by atoms with Gasteiger partial charge in [0, 0.05) is 12.7 Å². The largest absolute Gasteiger partial charge is 0.368 e.